The number of rotatable bonds is 0. The average molecular weight is 312 g/mol. The van der Waals surface area contributed by atoms with Gasteiger partial charge >= 0.3 is 0 Å². The second-order valence-electron chi connectivity index (χ2n) is 5.32. The van der Waals surface area contributed by atoms with E-state index in [1.807, 2.05) is 12.1 Å². The van der Waals surface area contributed by atoms with Crippen molar-refractivity contribution in [3.63, 3.8) is 0 Å². The van der Waals surface area contributed by atoms with Crippen molar-refractivity contribution < 1.29 is 9.47 Å². The van der Waals surface area contributed by atoms with Gasteiger partial charge in [0, 0.05) is 11.1 Å². The van der Waals surface area contributed by atoms with Gasteiger partial charge in [0.15, 0.2) is 5.75 Å². The van der Waals surface area contributed by atoms with Gasteiger partial charge in [0.25, 0.3) is 0 Å². The van der Waals surface area contributed by atoms with Crippen molar-refractivity contribution in [2.75, 3.05) is 13.2 Å². The number of pyridine rings is 1. The van der Waals surface area contributed by atoms with Crippen LogP contribution in [-0.4, -0.2) is 31.9 Å². The molecule has 0 unspecified atom stereocenters. The first-order valence-corrected chi connectivity index (χ1v) is 7.12. The fourth-order valence-electron chi connectivity index (χ4n) is 2.93. The van der Waals surface area contributed by atoms with E-state index in [-0.39, 0.29) is 0 Å². The monoisotopic (exact) mass is 311 g/mol. The van der Waals surface area contributed by atoms with E-state index >= 15 is 0 Å². The Morgan fingerprint density at radius 2 is 2.05 bits per heavy atom. The summed E-state index contributed by atoms with van der Waals surface area (Å²) in [6.07, 6.45) is 1.58. The minimum absolute atomic E-state index is 0.300. The molecule has 0 bridgehead atoms. The van der Waals surface area contributed by atoms with Crippen LogP contribution in [0.25, 0.3) is 0 Å². The van der Waals surface area contributed by atoms with Crippen LogP contribution in [-0.2, 0) is 10.3 Å². The van der Waals surface area contributed by atoms with Crippen LogP contribution in [0.3, 0.4) is 0 Å². The van der Waals surface area contributed by atoms with Crippen LogP contribution in [0.2, 0.25) is 5.15 Å². The fraction of sp³-hybridized carbons (Fsp3) is 0.200. The molecule has 1 atom stereocenters. The van der Waals surface area contributed by atoms with Crippen molar-refractivity contribution in [1.82, 2.24) is 4.98 Å². The highest BCUT2D eigenvalue weighted by Crippen LogP contribution is 2.49. The molecule has 5 nitrogen and oxygen atoms in total. The third kappa shape index (κ3) is 1.91. The maximum Gasteiger partial charge on any atom is 0.151 e. The molecule has 0 aliphatic carbocycles. The van der Waals surface area contributed by atoms with Crippen LogP contribution in [0.1, 0.15) is 11.1 Å². The van der Waals surface area contributed by atoms with Crippen molar-refractivity contribution in [3.8, 4) is 11.5 Å². The highest BCUT2D eigenvalue weighted by atomic mass is 35.5. The molecule has 3 heterocycles. The van der Waals surface area contributed by atoms with Crippen LogP contribution >= 0.6 is 11.6 Å². The maximum absolute atomic E-state index is 6.06. The van der Waals surface area contributed by atoms with Crippen LogP contribution in [0.5, 0.6) is 11.5 Å². The molecule has 22 heavy (non-hydrogen) atoms. The number of benzene rings is 1. The summed E-state index contributed by atoms with van der Waals surface area (Å²) >= 11 is 6.06. The van der Waals surface area contributed by atoms with Crippen molar-refractivity contribution in [3.05, 3.63) is 46.7 Å². The molecule has 1 spiro atoms. The van der Waals surface area contributed by atoms with Gasteiger partial charge in [-0.1, -0.05) is 29.2 Å². The summed E-state index contributed by atoms with van der Waals surface area (Å²) < 4.78 is 11.6. The number of hydrogen-bond acceptors (Lipinski definition) is 5. The number of halogens is 1. The van der Waals surface area contributed by atoms with E-state index in [0.717, 1.165) is 11.1 Å². The second kappa shape index (κ2) is 4.73. The first kappa shape index (κ1) is 13.6. The summed E-state index contributed by atoms with van der Waals surface area (Å²) in [5.74, 6) is 1.66. The molecule has 0 amide bonds. The van der Waals surface area contributed by atoms with Crippen LogP contribution in [0.15, 0.2) is 35.5 Å². The van der Waals surface area contributed by atoms with Gasteiger partial charge in [-0.05, 0) is 12.1 Å². The lowest BCUT2D eigenvalue weighted by molar-refractivity contribution is 0.110. The van der Waals surface area contributed by atoms with Gasteiger partial charge in [0.05, 0.1) is 12.8 Å². The molecule has 2 aliphatic rings. The maximum atomic E-state index is 6.06. The van der Waals surface area contributed by atoms with E-state index in [0.29, 0.717) is 41.2 Å². The van der Waals surface area contributed by atoms with E-state index in [2.05, 4.69) is 9.98 Å². The number of nitrogens with zero attached hydrogens (tertiary/aromatic N) is 2. The average Bonchev–Trinajstić information content (AvgIpc) is 2.49. The number of aromatic nitrogens is 1. The van der Waals surface area contributed by atoms with Crippen molar-refractivity contribution in [2.24, 2.45) is 10.7 Å². The number of hydrogen-bond donors (Lipinski definition) is 1. The molecule has 1 aromatic carbocycles. The van der Waals surface area contributed by atoms with Crippen molar-refractivity contribution >= 4 is 30.7 Å². The third-order valence-corrected chi connectivity index (χ3v) is 4.05. The molecule has 1 aromatic heterocycles. The minimum atomic E-state index is -0.812. The molecular formula is C15H11BClN3O2. The number of amidine groups is 1. The Balaban J connectivity index is 2.05. The van der Waals surface area contributed by atoms with Gasteiger partial charge in [-0.15, -0.1) is 0 Å². The van der Waals surface area contributed by atoms with Crippen molar-refractivity contribution in [2.45, 2.75) is 5.54 Å². The Morgan fingerprint density at radius 1 is 1.23 bits per heavy atom. The summed E-state index contributed by atoms with van der Waals surface area (Å²) in [7, 11) is 5.94. The van der Waals surface area contributed by atoms with E-state index in [9.17, 15) is 0 Å². The Hall–Kier alpha value is -2.05. The predicted octanol–water partition coefficient (Wildman–Crippen LogP) is 1.27. The Bertz CT molecular complexity index is 758. The highest BCUT2D eigenvalue weighted by Gasteiger charge is 2.45. The predicted molar refractivity (Wildman–Crippen MR) is 84.4 cm³/mol. The number of aliphatic imine (C=N–C) groups is 1. The van der Waals surface area contributed by atoms with Gasteiger partial charge in [0.2, 0.25) is 0 Å². The zero-order valence-electron chi connectivity index (χ0n) is 11.5. The Kier molecular flexibility index (Phi) is 2.92. The largest absolute Gasteiger partial charge is 0.455 e. The molecule has 0 saturated heterocycles. The molecule has 2 radical (unpaired) electrons. The van der Waals surface area contributed by atoms with E-state index < -0.39 is 5.54 Å². The lowest BCUT2D eigenvalue weighted by Gasteiger charge is -2.39. The van der Waals surface area contributed by atoms with Crippen LogP contribution in [0, 0.1) is 0 Å². The molecule has 0 saturated carbocycles. The quantitative estimate of drug-likeness (QED) is 0.587. The molecular weight excluding hydrogens is 300 g/mol. The molecule has 7 heteroatoms. The van der Waals surface area contributed by atoms with Gasteiger partial charge in [0.1, 0.15) is 36.7 Å². The number of ether oxygens (including phenoxy) is 2. The van der Waals surface area contributed by atoms with E-state index in [1.54, 1.807) is 18.3 Å². The fourth-order valence-corrected chi connectivity index (χ4v) is 3.09. The Labute approximate surface area is 133 Å². The van der Waals surface area contributed by atoms with Crippen molar-refractivity contribution in [1.29, 1.82) is 0 Å². The summed E-state index contributed by atoms with van der Waals surface area (Å²) in [6.45, 7) is 0.634. The van der Waals surface area contributed by atoms with Gasteiger partial charge in [-0.2, -0.15) is 0 Å². The SMILES string of the molecule is [B]c1ccc2c(c1)[C@@]1(COCC(N)=N1)c1cc(Cl)ncc1O2. The standard InChI is InChI=1S/C15H11BClN3O2/c16-8-1-2-11-9(3-8)15(7-21-6-14(18)20-15)10-4-13(17)19-5-12(10)22-11/h1-5H,6-7H2,(H2,18,20)/t15-/m0/s1. The zero-order valence-corrected chi connectivity index (χ0v) is 12.3. The summed E-state index contributed by atoms with van der Waals surface area (Å²) in [5, 5.41) is 0.355. The normalized spacial score (nSPS) is 22.5. The summed E-state index contributed by atoms with van der Waals surface area (Å²) in [6, 6.07) is 7.15. The highest BCUT2D eigenvalue weighted by molar-refractivity contribution is 6.32. The number of fused-ring (bicyclic) bond motifs is 4. The summed E-state index contributed by atoms with van der Waals surface area (Å²) in [5.41, 5.74) is 7.32. The van der Waals surface area contributed by atoms with E-state index in [1.165, 1.54) is 0 Å². The molecule has 4 rings (SSSR count). The number of nitrogens with two attached hydrogens (primary N) is 1. The first-order chi connectivity index (χ1) is 10.6. The minimum Gasteiger partial charge on any atom is -0.455 e. The lowest BCUT2D eigenvalue weighted by Crippen LogP contribution is -2.42. The summed E-state index contributed by atoms with van der Waals surface area (Å²) in [4.78, 5) is 8.76. The molecule has 0 fully saturated rings. The van der Waals surface area contributed by atoms with Crippen LogP contribution in [0.4, 0.5) is 0 Å². The molecule has 2 aliphatic heterocycles. The zero-order chi connectivity index (χ0) is 15.3. The van der Waals surface area contributed by atoms with Gasteiger partial charge < -0.3 is 15.2 Å². The Morgan fingerprint density at radius 3 is 2.86 bits per heavy atom. The first-order valence-electron chi connectivity index (χ1n) is 6.74. The third-order valence-electron chi connectivity index (χ3n) is 3.84. The lowest BCUT2D eigenvalue weighted by atomic mass is 9.78. The molecule has 108 valence electrons. The topological polar surface area (TPSA) is 69.7 Å². The van der Waals surface area contributed by atoms with Gasteiger partial charge in [-0.25, -0.2) is 4.98 Å². The smallest absolute Gasteiger partial charge is 0.151 e. The van der Waals surface area contributed by atoms with Crippen LogP contribution < -0.4 is 15.9 Å². The van der Waals surface area contributed by atoms with E-state index in [4.69, 9.17) is 34.7 Å². The molecule has 2 N–H and O–H groups in total. The molecule has 2 aromatic rings. The van der Waals surface area contributed by atoms with Gasteiger partial charge in [-0.3, -0.25) is 4.99 Å². The second-order valence-corrected chi connectivity index (χ2v) is 5.70.